The first-order chi connectivity index (χ1) is 5.73. The predicted octanol–water partition coefficient (Wildman–Crippen LogP) is 0.938. The van der Waals surface area contributed by atoms with E-state index in [0.29, 0.717) is 5.41 Å². The second kappa shape index (κ2) is 3.00. The lowest BCUT2D eigenvalue weighted by Gasteiger charge is -2.45. The highest BCUT2D eigenvalue weighted by Crippen LogP contribution is 2.46. The van der Waals surface area contributed by atoms with Gasteiger partial charge in [-0.2, -0.15) is 0 Å². The average Bonchev–Trinajstić information content (AvgIpc) is 2.28. The molecule has 70 valence electrons. The smallest absolute Gasteiger partial charge is 0.00234 e. The molecule has 1 atom stereocenters. The van der Waals surface area contributed by atoms with Crippen LogP contribution in [0.1, 0.15) is 19.3 Å². The molecule has 2 nitrogen and oxygen atoms in total. The molecule has 1 aliphatic heterocycles. The minimum Gasteiger partial charge on any atom is -0.316 e. The normalized spacial score (nSPS) is 32.8. The Bertz CT molecular complexity index is 161. The summed E-state index contributed by atoms with van der Waals surface area (Å²) < 4.78 is 0. The van der Waals surface area contributed by atoms with Gasteiger partial charge in [0.2, 0.25) is 0 Å². The largest absolute Gasteiger partial charge is 0.316 e. The zero-order chi connectivity index (χ0) is 8.60. The van der Waals surface area contributed by atoms with Crippen LogP contribution in [0.4, 0.5) is 0 Å². The van der Waals surface area contributed by atoms with E-state index in [2.05, 4.69) is 24.3 Å². The maximum atomic E-state index is 3.43. The minimum absolute atomic E-state index is 0.713. The van der Waals surface area contributed by atoms with Gasteiger partial charge < -0.3 is 10.2 Å². The number of hydrogen-bond acceptors (Lipinski definition) is 2. The van der Waals surface area contributed by atoms with Gasteiger partial charge in [0.05, 0.1) is 0 Å². The minimum atomic E-state index is 0.713. The van der Waals surface area contributed by atoms with E-state index in [-0.39, 0.29) is 0 Å². The molecule has 2 fully saturated rings. The molecule has 1 heterocycles. The van der Waals surface area contributed by atoms with Crippen LogP contribution in [-0.4, -0.2) is 38.6 Å². The van der Waals surface area contributed by atoms with Gasteiger partial charge in [0.1, 0.15) is 0 Å². The summed E-state index contributed by atoms with van der Waals surface area (Å²) in [5, 5.41) is 3.43. The number of nitrogens with zero attached hydrogens (tertiary/aromatic N) is 1. The van der Waals surface area contributed by atoms with Crippen LogP contribution in [0.25, 0.3) is 0 Å². The summed E-state index contributed by atoms with van der Waals surface area (Å²) in [6.07, 6.45) is 4.39. The standard InChI is InChI=1S/C10H20N2/c1-12(2)6-9-4-3-5-10(9)7-11-8-10/h9,11H,3-8H2,1-2H3. The molecule has 1 unspecified atom stereocenters. The molecule has 0 aromatic heterocycles. The fraction of sp³-hybridized carbons (Fsp3) is 1.00. The van der Waals surface area contributed by atoms with Crippen molar-refractivity contribution in [1.29, 1.82) is 0 Å². The Hall–Kier alpha value is -0.0800. The maximum absolute atomic E-state index is 3.43. The zero-order valence-corrected chi connectivity index (χ0v) is 8.27. The molecule has 1 spiro atoms. The Morgan fingerprint density at radius 2 is 2.17 bits per heavy atom. The third kappa shape index (κ3) is 1.27. The Balaban J connectivity index is 1.95. The molecule has 0 aromatic carbocycles. The predicted molar refractivity (Wildman–Crippen MR) is 51.2 cm³/mol. The highest BCUT2D eigenvalue weighted by atomic mass is 15.1. The summed E-state index contributed by atoms with van der Waals surface area (Å²) in [5.41, 5.74) is 0.713. The Labute approximate surface area is 75.3 Å². The van der Waals surface area contributed by atoms with Gasteiger partial charge in [-0.25, -0.2) is 0 Å². The van der Waals surface area contributed by atoms with Crippen molar-refractivity contribution in [3.05, 3.63) is 0 Å². The van der Waals surface area contributed by atoms with Crippen LogP contribution >= 0.6 is 0 Å². The van der Waals surface area contributed by atoms with Crippen molar-refractivity contribution >= 4 is 0 Å². The summed E-state index contributed by atoms with van der Waals surface area (Å²) in [5.74, 6) is 0.966. The first kappa shape index (κ1) is 8.52. The topological polar surface area (TPSA) is 15.3 Å². The van der Waals surface area contributed by atoms with Crippen LogP contribution in [0.5, 0.6) is 0 Å². The van der Waals surface area contributed by atoms with Crippen molar-refractivity contribution in [2.75, 3.05) is 33.7 Å². The molecule has 0 radical (unpaired) electrons. The summed E-state index contributed by atoms with van der Waals surface area (Å²) in [4.78, 5) is 2.34. The van der Waals surface area contributed by atoms with Crippen molar-refractivity contribution in [2.24, 2.45) is 11.3 Å². The van der Waals surface area contributed by atoms with Crippen LogP contribution in [0.15, 0.2) is 0 Å². The van der Waals surface area contributed by atoms with Crippen LogP contribution in [0.2, 0.25) is 0 Å². The van der Waals surface area contributed by atoms with Gasteiger partial charge >= 0.3 is 0 Å². The van der Waals surface area contributed by atoms with E-state index in [1.165, 1.54) is 38.9 Å². The molecule has 1 saturated carbocycles. The van der Waals surface area contributed by atoms with E-state index in [0.717, 1.165) is 5.92 Å². The Kier molecular flexibility index (Phi) is 2.13. The van der Waals surface area contributed by atoms with E-state index in [9.17, 15) is 0 Å². The molecule has 0 aromatic rings. The van der Waals surface area contributed by atoms with Gasteiger partial charge in [-0.05, 0) is 38.3 Å². The molecule has 1 aliphatic carbocycles. The molecular weight excluding hydrogens is 148 g/mol. The molecule has 2 heteroatoms. The molecule has 1 N–H and O–H groups in total. The quantitative estimate of drug-likeness (QED) is 0.660. The second-order valence-corrected chi connectivity index (χ2v) is 4.82. The van der Waals surface area contributed by atoms with Gasteiger partial charge in [0.15, 0.2) is 0 Å². The molecule has 12 heavy (non-hydrogen) atoms. The summed E-state index contributed by atoms with van der Waals surface area (Å²) >= 11 is 0. The average molecular weight is 168 g/mol. The van der Waals surface area contributed by atoms with Crippen LogP contribution in [-0.2, 0) is 0 Å². The lowest BCUT2D eigenvalue weighted by atomic mass is 9.73. The van der Waals surface area contributed by atoms with Crippen LogP contribution in [0.3, 0.4) is 0 Å². The monoisotopic (exact) mass is 168 g/mol. The Morgan fingerprint density at radius 3 is 2.67 bits per heavy atom. The van der Waals surface area contributed by atoms with E-state index in [1.807, 2.05) is 0 Å². The van der Waals surface area contributed by atoms with E-state index >= 15 is 0 Å². The molecule has 0 bridgehead atoms. The number of hydrogen-bond donors (Lipinski definition) is 1. The summed E-state index contributed by atoms with van der Waals surface area (Å²) in [7, 11) is 4.39. The fourth-order valence-electron chi connectivity index (χ4n) is 2.85. The second-order valence-electron chi connectivity index (χ2n) is 4.82. The van der Waals surface area contributed by atoms with Gasteiger partial charge in [0, 0.05) is 19.6 Å². The molecule has 2 rings (SSSR count). The lowest BCUT2D eigenvalue weighted by Crippen LogP contribution is -2.56. The van der Waals surface area contributed by atoms with Crippen LogP contribution < -0.4 is 5.32 Å². The third-order valence-corrected chi connectivity index (χ3v) is 3.63. The zero-order valence-electron chi connectivity index (χ0n) is 8.27. The van der Waals surface area contributed by atoms with E-state index < -0.39 is 0 Å². The van der Waals surface area contributed by atoms with E-state index in [1.54, 1.807) is 0 Å². The SMILES string of the molecule is CN(C)CC1CCCC12CNC2. The highest BCUT2D eigenvalue weighted by Gasteiger charge is 2.46. The number of nitrogens with one attached hydrogen (secondary N) is 1. The van der Waals surface area contributed by atoms with E-state index in [4.69, 9.17) is 0 Å². The third-order valence-electron chi connectivity index (χ3n) is 3.63. The molecule has 0 amide bonds. The number of rotatable bonds is 2. The van der Waals surface area contributed by atoms with Crippen molar-refractivity contribution in [3.8, 4) is 0 Å². The van der Waals surface area contributed by atoms with Crippen molar-refractivity contribution in [1.82, 2.24) is 10.2 Å². The van der Waals surface area contributed by atoms with Crippen LogP contribution in [0, 0.1) is 11.3 Å². The van der Waals surface area contributed by atoms with Gasteiger partial charge in [-0.15, -0.1) is 0 Å². The molecular formula is C10H20N2. The first-order valence-electron chi connectivity index (χ1n) is 5.08. The summed E-state index contributed by atoms with van der Waals surface area (Å²) in [6.45, 7) is 3.86. The highest BCUT2D eigenvalue weighted by molar-refractivity contribution is 5.01. The van der Waals surface area contributed by atoms with Crippen molar-refractivity contribution in [2.45, 2.75) is 19.3 Å². The molecule has 1 saturated heterocycles. The fourth-order valence-corrected chi connectivity index (χ4v) is 2.85. The molecule has 2 aliphatic rings. The maximum Gasteiger partial charge on any atom is 0.00234 e. The van der Waals surface area contributed by atoms with Crippen molar-refractivity contribution < 1.29 is 0 Å². The van der Waals surface area contributed by atoms with Crippen molar-refractivity contribution in [3.63, 3.8) is 0 Å². The van der Waals surface area contributed by atoms with Gasteiger partial charge in [-0.3, -0.25) is 0 Å². The summed E-state index contributed by atoms with van der Waals surface area (Å²) in [6, 6.07) is 0. The Morgan fingerprint density at radius 1 is 1.42 bits per heavy atom. The van der Waals surface area contributed by atoms with Gasteiger partial charge in [0.25, 0.3) is 0 Å². The first-order valence-corrected chi connectivity index (χ1v) is 5.08. The lowest BCUT2D eigenvalue weighted by molar-refractivity contribution is 0.0893. The van der Waals surface area contributed by atoms with Gasteiger partial charge in [-0.1, -0.05) is 6.42 Å².